The minimum atomic E-state index is -0.735. The lowest BCUT2D eigenvalue weighted by atomic mass is 9.65. The second-order valence-electron chi connectivity index (χ2n) is 4.73. The number of ether oxygens (including phenoxy) is 2. The van der Waals surface area contributed by atoms with Gasteiger partial charge in [-0.1, -0.05) is 12.2 Å². The van der Waals surface area contributed by atoms with Crippen molar-refractivity contribution in [1.82, 2.24) is 0 Å². The Hall–Kier alpha value is -1.32. The van der Waals surface area contributed by atoms with Gasteiger partial charge in [-0.25, -0.2) is 0 Å². The highest BCUT2D eigenvalue weighted by molar-refractivity contribution is 5.81. The molecule has 1 aliphatic heterocycles. The number of fused-ring (bicyclic) bond motifs is 1. The van der Waals surface area contributed by atoms with E-state index in [1.807, 2.05) is 6.92 Å². The molecular formula is C12H16O4. The molecule has 0 aromatic heterocycles. The maximum atomic E-state index is 11.8. The summed E-state index contributed by atoms with van der Waals surface area (Å²) >= 11 is 0. The van der Waals surface area contributed by atoms with E-state index in [0.717, 1.165) is 12.0 Å². The lowest BCUT2D eigenvalue weighted by molar-refractivity contribution is -0.165. The minimum absolute atomic E-state index is 0.0156. The summed E-state index contributed by atoms with van der Waals surface area (Å²) in [5, 5.41) is 0. The van der Waals surface area contributed by atoms with Crippen LogP contribution in [0.25, 0.3) is 0 Å². The van der Waals surface area contributed by atoms with Gasteiger partial charge in [0, 0.05) is 12.8 Å². The molecule has 1 heterocycles. The van der Waals surface area contributed by atoms with E-state index in [9.17, 15) is 9.59 Å². The maximum absolute atomic E-state index is 11.8. The largest absolute Gasteiger partial charge is 0.464 e. The Labute approximate surface area is 94.6 Å². The summed E-state index contributed by atoms with van der Waals surface area (Å²) in [4.78, 5) is 22.8. The van der Waals surface area contributed by atoms with Crippen LogP contribution in [0.4, 0.5) is 0 Å². The van der Waals surface area contributed by atoms with Gasteiger partial charge in [0.25, 0.3) is 0 Å². The van der Waals surface area contributed by atoms with E-state index in [1.165, 1.54) is 6.92 Å². The van der Waals surface area contributed by atoms with Crippen molar-refractivity contribution < 1.29 is 19.1 Å². The number of cyclic esters (lactones) is 1. The predicted octanol–water partition coefficient (Wildman–Crippen LogP) is 1.45. The molecule has 2 fully saturated rings. The van der Waals surface area contributed by atoms with Crippen LogP contribution < -0.4 is 0 Å². The Morgan fingerprint density at radius 3 is 2.94 bits per heavy atom. The van der Waals surface area contributed by atoms with Crippen molar-refractivity contribution in [2.24, 2.45) is 11.3 Å². The molecule has 16 heavy (non-hydrogen) atoms. The third-order valence-electron chi connectivity index (χ3n) is 3.74. The molecule has 0 bridgehead atoms. The van der Waals surface area contributed by atoms with Gasteiger partial charge < -0.3 is 9.47 Å². The number of carbonyl (C=O) groups is 2. The molecule has 88 valence electrons. The van der Waals surface area contributed by atoms with E-state index >= 15 is 0 Å². The molecule has 3 atom stereocenters. The zero-order valence-electron chi connectivity index (χ0n) is 9.62. The van der Waals surface area contributed by atoms with Crippen molar-refractivity contribution in [2.75, 3.05) is 6.61 Å². The summed E-state index contributed by atoms with van der Waals surface area (Å²) in [6.45, 7) is 7.52. The van der Waals surface area contributed by atoms with Gasteiger partial charge in [0.1, 0.15) is 11.5 Å². The van der Waals surface area contributed by atoms with E-state index in [4.69, 9.17) is 9.47 Å². The molecule has 0 N–H and O–H groups in total. The molecule has 1 aliphatic carbocycles. The lowest BCUT2D eigenvalue weighted by Gasteiger charge is -2.39. The number of rotatable bonds is 1. The molecule has 2 aliphatic rings. The first-order valence-corrected chi connectivity index (χ1v) is 5.48. The average Bonchev–Trinajstić information content (AvgIpc) is 2.50. The summed E-state index contributed by atoms with van der Waals surface area (Å²) in [5.74, 6) is -0.639. The number of hydrogen-bond acceptors (Lipinski definition) is 4. The van der Waals surface area contributed by atoms with Gasteiger partial charge >= 0.3 is 11.9 Å². The first kappa shape index (κ1) is 11.2. The van der Waals surface area contributed by atoms with Crippen LogP contribution >= 0.6 is 0 Å². The third kappa shape index (κ3) is 1.44. The van der Waals surface area contributed by atoms with Crippen molar-refractivity contribution in [3.63, 3.8) is 0 Å². The fourth-order valence-corrected chi connectivity index (χ4v) is 2.70. The van der Waals surface area contributed by atoms with E-state index in [1.54, 1.807) is 0 Å². The molecule has 0 unspecified atom stereocenters. The Kier molecular flexibility index (Phi) is 2.52. The first-order valence-electron chi connectivity index (χ1n) is 5.48. The minimum Gasteiger partial charge on any atom is -0.464 e. The lowest BCUT2D eigenvalue weighted by Crippen LogP contribution is -2.47. The average molecular weight is 224 g/mol. The normalized spacial score (nSPS) is 37.9. The SMILES string of the molecule is C=C1CC[C@@H](OC(C)=O)[C@@]2(C)C(=O)OC[C@@H]12. The van der Waals surface area contributed by atoms with E-state index in [0.29, 0.717) is 13.0 Å². The summed E-state index contributed by atoms with van der Waals surface area (Å²) in [6, 6.07) is 0. The van der Waals surface area contributed by atoms with Gasteiger partial charge in [0.05, 0.1) is 6.61 Å². The first-order chi connectivity index (χ1) is 7.46. The summed E-state index contributed by atoms with van der Waals surface area (Å²) in [5.41, 5.74) is 0.290. The number of hydrogen-bond donors (Lipinski definition) is 0. The Morgan fingerprint density at radius 1 is 1.62 bits per heavy atom. The molecule has 1 saturated heterocycles. The van der Waals surface area contributed by atoms with E-state index in [2.05, 4.69) is 6.58 Å². The van der Waals surface area contributed by atoms with E-state index in [-0.39, 0.29) is 24.0 Å². The molecule has 2 rings (SSSR count). The summed E-state index contributed by atoms with van der Waals surface area (Å²) in [6.07, 6.45) is 1.06. The molecule has 0 amide bonds. The monoisotopic (exact) mass is 224 g/mol. The van der Waals surface area contributed by atoms with Gasteiger partial charge in [-0.2, -0.15) is 0 Å². The third-order valence-corrected chi connectivity index (χ3v) is 3.74. The fraction of sp³-hybridized carbons (Fsp3) is 0.667. The van der Waals surface area contributed by atoms with Gasteiger partial charge in [0.15, 0.2) is 0 Å². The highest BCUT2D eigenvalue weighted by atomic mass is 16.6. The standard InChI is InChI=1S/C12H16O4/c1-7-4-5-10(16-8(2)13)12(3)9(7)6-15-11(12)14/h9-10H,1,4-6H2,2-3H3/t9-,10+,12-/m0/s1. The van der Waals surface area contributed by atoms with Gasteiger partial charge in [-0.3, -0.25) is 9.59 Å². The maximum Gasteiger partial charge on any atom is 0.316 e. The molecule has 0 aromatic carbocycles. The summed E-state index contributed by atoms with van der Waals surface area (Å²) < 4.78 is 10.3. The van der Waals surface area contributed by atoms with Crippen molar-refractivity contribution in [3.05, 3.63) is 12.2 Å². The van der Waals surface area contributed by atoms with Crippen LogP contribution in [0.5, 0.6) is 0 Å². The number of esters is 2. The zero-order valence-corrected chi connectivity index (χ0v) is 9.62. The van der Waals surface area contributed by atoms with Crippen LogP contribution in [-0.2, 0) is 19.1 Å². The van der Waals surface area contributed by atoms with Crippen molar-refractivity contribution in [1.29, 1.82) is 0 Å². The Balaban J connectivity index is 2.30. The van der Waals surface area contributed by atoms with Crippen molar-refractivity contribution in [2.45, 2.75) is 32.8 Å². The van der Waals surface area contributed by atoms with Crippen molar-refractivity contribution in [3.8, 4) is 0 Å². The van der Waals surface area contributed by atoms with Crippen LogP contribution in [0.2, 0.25) is 0 Å². The Morgan fingerprint density at radius 2 is 2.31 bits per heavy atom. The summed E-state index contributed by atoms with van der Waals surface area (Å²) in [7, 11) is 0. The second kappa shape index (κ2) is 3.61. The van der Waals surface area contributed by atoms with Crippen molar-refractivity contribution >= 4 is 11.9 Å². The molecule has 4 heteroatoms. The van der Waals surface area contributed by atoms with Gasteiger partial charge in [0.2, 0.25) is 0 Å². The molecule has 0 radical (unpaired) electrons. The van der Waals surface area contributed by atoms with Gasteiger partial charge in [-0.15, -0.1) is 0 Å². The second-order valence-corrected chi connectivity index (χ2v) is 4.73. The smallest absolute Gasteiger partial charge is 0.316 e. The number of carbonyl (C=O) groups excluding carboxylic acids is 2. The fourth-order valence-electron chi connectivity index (χ4n) is 2.70. The highest BCUT2D eigenvalue weighted by Crippen LogP contribution is 2.49. The molecule has 0 spiro atoms. The molecule has 4 nitrogen and oxygen atoms in total. The molecular weight excluding hydrogens is 208 g/mol. The molecule has 1 saturated carbocycles. The van der Waals surface area contributed by atoms with Gasteiger partial charge in [-0.05, 0) is 19.8 Å². The van der Waals surface area contributed by atoms with Crippen LogP contribution in [-0.4, -0.2) is 24.6 Å². The zero-order chi connectivity index (χ0) is 11.9. The van der Waals surface area contributed by atoms with Crippen LogP contribution in [0.3, 0.4) is 0 Å². The quantitative estimate of drug-likeness (QED) is 0.499. The van der Waals surface area contributed by atoms with Crippen LogP contribution in [0.15, 0.2) is 12.2 Å². The van der Waals surface area contributed by atoms with Crippen LogP contribution in [0, 0.1) is 11.3 Å². The van der Waals surface area contributed by atoms with E-state index < -0.39 is 5.41 Å². The topological polar surface area (TPSA) is 52.6 Å². The van der Waals surface area contributed by atoms with Crippen LogP contribution in [0.1, 0.15) is 26.7 Å². The Bertz CT molecular complexity index is 360. The molecule has 0 aromatic rings. The highest BCUT2D eigenvalue weighted by Gasteiger charge is 2.58. The predicted molar refractivity (Wildman–Crippen MR) is 56.5 cm³/mol.